The molecule has 7 heteroatoms. The molecule has 0 unspecified atom stereocenters. The molecule has 0 heterocycles. The van der Waals surface area contributed by atoms with Crippen LogP contribution in [0.5, 0.6) is 5.75 Å². The standard InChI is InChI=1S/C21H25N3O4/c1-13-5-10-19(28-4)18(11-13)24-20(26)12-22-14(2)21(27)23-17-8-6-16(7-9-17)15(3)25/h5-11,14,22H,12H2,1-4H3,(H,23,27)(H,24,26)/t14-/m1/s1. The highest BCUT2D eigenvalue weighted by Crippen LogP contribution is 2.24. The van der Waals surface area contributed by atoms with E-state index in [0.29, 0.717) is 22.7 Å². The van der Waals surface area contributed by atoms with E-state index in [9.17, 15) is 14.4 Å². The maximum absolute atomic E-state index is 12.3. The van der Waals surface area contributed by atoms with Crippen LogP contribution in [0.1, 0.15) is 29.8 Å². The molecule has 0 aliphatic carbocycles. The number of ketones is 1. The fourth-order valence-corrected chi connectivity index (χ4v) is 2.49. The Morgan fingerprint density at radius 3 is 2.32 bits per heavy atom. The molecule has 2 rings (SSSR count). The number of anilines is 2. The van der Waals surface area contributed by atoms with Crippen LogP contribution in [0.15, 0.2) is 42.5 Å². The number of hydrogen-bond donors (Lipinski definition) is 3. The summed E-state index contributed by atoms with van der Waals surface area (Å²) in [6.07, 6.45) is 0. The first-order valence-electron chi connectivity index (χ1n) is 8.90. The second-order valence-corrected chi connectivity index (χ2v) is 6.48. The van der Waals surface area contributed by atoms with E-state index in [4.69, 9.17) is 4.74 Å². The normalized spacial score (nSPS) is 11.4. The smallest absolute Gasteiger partial charge is 0.241 e. The van der Waals surface area contributed by atoms with Crippen molar-refractivity contribution in [1.29, 1.82) is 0 Å². The monoisotopic (exact) mass is 383 g/mol. The van der Waals surface area contributed by atoms with E-state index in [2.05, 4.69) is 16.0 Å². The second-order valence-electron chi connectivity index (χ2n) is 6.48. The van der Waals surface area contributed by atoms with Crippen molar-refractivity contribution >= 4 is 29.0 Å². The topological polar surface area (TPSA) is 96.5 Å². The van der Waals surface area contributed by atoms with Gasteiger partial charge in [0.25, 0.3) is 0 Å². The molecule has 148 valence electrons. The Kier molecular flexibility index (Phi) is 7.28. The summed E-state index contributed by atoms with van der Waals surface area (Å²) in [7, 11) is 1.54. The lowest BCUT2D eigenvalue weighted by molar-refractivity contribution is -0.118. The summed E-state index contributed by atoms with van der Waals surface area (Å²) in [4.78, 5) is 35.7. The molecule has 28 heavy (non-hydrogen) atoms. The zero-order valence-electron chi connectivity index (χ0n) is 16.5. The largest absolute Gasteiger partial charge is 0.495 e. The molecule has 0 saturated heterocycles. The van der Waals surface area contributed by atoms with Crippen LogP contribution in [0.4, 0.5) is 11.4 Å². The molecule has 0 aliphatic rings. The lowest BCUT2D eigenvalue weighted by atomic mass is 10.1. The SMILES string of the molecule is COc1ccc(C)cc1NC(=O)CN[C@H](C)C(=O)Nc1ccc(C(C)=O)cc1. The minimum atomic E-state index is -0.586. The molecule has 7 nitrogen and oxygen atoms in total. The molecule has 3 N–H and O–H groups in total. The van der Waals surface area contributed by atoms with Crippen LogP contribution < -0.4 is 20.7 Å². The summed E-state index contributed by atoms with van der Waals surface area (Å²) >= 11 is 0. The molecule has 0 radical (unpaired) electrons. The molecule has 2 aromatic rings. The molecular formula is C21H25N3O4. The van der Waals surface area contributed by atoms with Crippen LogP contribution in [-0.2, 0) is 9.59 Å². The van der Waals surface area contributed by atoms with Crippen LogP contribution in [0, 0.1) is 6.92 Å². The van der Waals surface area contributed by atoms with Crippen molar-refractivity contribution in [2.75, 3.05) is 24.3 Å². The number of methoxy groups -OCH3 is 1. The Morgan fingerprint density at radius 2 is 1.71 bits per heavy atom. The molecule has 2 amide bonds. The van der Waals surface area contributed by atoms with Gasteiger partial charge in [0.05, 0.1) is 25.4 Å². The van der Waals surface area contributed by atoms with Crippen molar-refractivity contribution in [1.82, 2.24) is 5.32 Å². The Bertz CT molecular complexity index is 862. The van der Waals surface area contributed by atoms with Crippen molar-refractivity contribution in [2.45, 2.75) is 26.8 Å². The van der Waals surface area contributed by atoms with Gasteiger partial charge in [-0.1, -0.05) is 6.07 Å². The summed E-state index contributed by atoms with van der Waals surface area (Å²) in [5.74, 6) is -0.0335. The Balaban J connectivity index is 1.86. The van der Waals surface area contributed by atoms with E-state index in [-0.39, 0.29) is 24.1 Å². The summed E-state index contributed by atoms with van der Waals surface area (Å²) in [5.41, 5.74) is 2.73. The minimum Gasteiger partial charge on any atom is -0.495 e. The van der Waals surface area contributed by atoms with Crippen molar-refractivity contribution in [3.8, 4) is 5.75 Å². The van der Waals surface area contributed by atoms with Crippen molar-refractivity contribution in [2.24, 2.45) is 0 Å². The van der Waals surface area contributed by atoms with Crippen molar-refractivity contribution < 1.29 is 19.1 Å². The highest BCUT2D eigenvalue weighted by Gasteiger charge is 2.15. The number of ether oxygens (including phenoxy) is 1. The summed E-state index contributed by atoms with van der Waals surface area (Å²) in [6, 6.07) is 11.5. The first-order valence-corrected chi connectivity index (χ1v) is 8.90. The van der Waals surface area contributed by atoms with E-state index in [0.717, 1.165) is 5.56 Å². The number of carbonyl (C=O) groups excluding carboxylic acids is 3. The second kappa shape index (κ2) is 9.66. The molecular weight excluding hydrogens is 358 g/mol. The molecule has 0 saturated carbocycles. The number of Topliss-reactive ketones (excluding diaryl/α,β-unsaturated/α-hetero) is 1. The lowest BCUT2D eigenvalue weighted by Crippen LogP contribution is -2.42. The number of aryl methyl sites for hydroxylation is 1. The quantitative estimate of drug-likeness (QED) is 0.609. The van der Waals surface area contributed by atoms with Gasteiger partial charge in [-0.2, -0.15) is 0 Å². The highest BCUT2D eigenvalue weighted by molar-refractivity contribution is 5.98. The van der Waals surface area contributed by atoms with Crippen molar-refractivity contribution in [3.63, 3.8) is 0 Å². The zero-order valence-corrected chi connectivity index (χ0v) is 16.5. The van der Waals surface area contributed by atoms with Gasteiger partial charge in [0, 0.05) is 11.3 Å². The number of carbonyl (C=O) groups is 3. The average Bonchev–Trinajstić information content (AvgIpc) is 2.66. The Hall–Kier alpha value is -3.19. The van der Waals surface area contributed by atoms with E-state index >= 15 is 0 Å². The molecule has 0 aromatic heterocycles. The van der Waals surface area contributed by atoms with Crippen LogP contribution in [-0.4, -0.2) is 37.3 Å². The van der Waals surface area contributed by atoms with Gasteiger partial charge in [0.15, 0.2) is 5.78 Å². The molecule has 0 fully saturated rings. The van der Waals surface area contributed by atoms with Gasteiger partial charge in [0.1, 0.15) is 5.75 Å². The van der Waals surface area contributed by atoms with Gasteiger partial charge in [-0.25, -0.2) is 0 Å². The first-order chi connectivity index (χ1) is 13.3. The van der Waals surface area contributed by atoms with E-state index in [1.807, 2.05) is 19.1 Å². The van der Waals surface area contributed by atoms with Crippen LogP contribution in [0.3, 0.4) is 0 Å². The van der Waals surface area contributed by atoms with Crippen LogP contribution in [0.25, 0.3) is 0 Å². The predicted molar refractivity (Wildman–Crippen MR) is 109 cm³/mol. The molecule has 2 aromatic carbocycles. The van der Waals surface area contributed by atoms with Crippen molar-refractivity contribution in [3.05, 3.63) is 53.6 Å². The van der Waals surface area contributed by atoms with Crippen LogP contribution >= 0.6 is 0 Å². The third-order valence-corrected chi connectivity index (χ3v) is 4.15. The molecule has 0 bridgehead atoms. The summed E-state index contributed by atoms with van der Waals surface area (Å²) in [5, 5.41) is 8.40. The van der Waals surface area contributed by atoms with Gasteiger partial charge in [0.2, 0.25) is 11.8 Å². The zero-order chi connectivity index (χ0) is 20.7. The third kappa shape index (κ3) is 5.92. The lowest BCUT2D eigenvalue weighted by Gasteiger charge is -2.15. The Morgan fingerprint density at radius 1 is 1.04 bits per heavy atom. The average molecular weight is 383 g/mol. The summed E-state index contributed by atoms with van der Waals surface area (Å²) < 4.78 is 5.23. The molecule has 1 atom stereocenters. The maximum atomic E-state index is 12.3. The first kappa shape index (κ1) is 21.1. The number of nitrogens with one attached hydrogen (secondary N) is 3. The maximum Gasteiger partial charge on any atom is 0.241 e. The van der Waals surface area contributed by atoms with E-state index in [1.54, 1.807) is 37.3 Å². The minimum absolute atomic E-state index is 0.0328. The number of hydrogen-bond acceptors (Lipinski definition) is 5. The number of amides is 2. The summed E-state index contributed by atoms with van der Waals surface area (Å²) in [6.45, 7) is 5.04. The van der Waals surface area contributed by atoms with Gasteiger partial charge >= 0.3 is 0 Å². The predicted octanol–water partition coefficient (Wildman–Crippen LogP) is 2.76. The number of rotatable bonds is 8. The van der Waals surface area contributed by atoms with Gasteiger partial charge in [-0.05, 0) is 62.7 Å². The van der Waals surface area contributed by atoms with Gasteiger partial charge in [-0.15, -0.1) is 0 Å². The fraction of sp³-hybridized carbons (Fsp3) is 0.286. The highest BCUT2D eigenvalue weighted by atomic mass is 16.5. The molecule has 0 spiro atoms. The van der Waals surface area contributed by atoms with E-state index in [1.165, 1.54) is 14.0 Å². The van der Waals surface area contributed by atoms with E-state index < -0.39 is 6.04 Å². The Labute approximate surface area is 164 Å². The molecule has 0 aliphatic heterocycles. The van der Waals surface area contributed by atoms with Gasteiger partial charge in [-0.3, -0.25) is 19.7 Å². The number of benzene rings is 2. The third-order valence-electron chi connectivity index (χ3n) is 4.15. The van der Waals surface area contributed by atoms with Crippen LogP contribution in [0.2, 0.25) is 0 Å². The fourth-order valence-electron chi connectivity index (χ4n) is 2.49. The van der Waals surface area contributed by atoms with Gasteiger partial charge < -0.3 is 15.4 Å².